The van der Waals surface area contributed by atoms with Gasteiger partial charge in [-0.2, -0.15) is 9.57 Å². The van der Waals surface area contributed by atoms with Crippen LogP contribution in [0.15, 0.2) is 27.6 Å². The average Bonchev–Trinajstić information content (AvgIpc) is 2.47. The lowest BCUT2D eigenvalue weighted by molar-refractivity contribution is 0.179. The van der Waals surface area contributed by atoms with Crippen molar-refractivity contribution >= 4 is 26.0 Å². The van der Waals surface area contributed by atoms with Gasteiger partial charge in [0.2, 0.25) is 10.0 Å². The van der Waals surface area contributed by atoms with Crippen LogP contribution in [0.4, 0.5) is 0 Å². The first kappa shape index (κ1) is 17.9. The SMILES string of the molecule is COCCN(CCC#N)S(=O)(=O)c1cc(Br)ccc1OC. The van der Waals surface area contributed by atoms with Crippen LogP contribution in [0.1, 0.15) is 6.42 Å². The Morgan fingerprint density at radius 3 is 2.62 bits per heavy atom. The average molecular weight is 377 g/mol. The molecule has 0 saturated heterocycles. The number of hydrogen-bond acceptors (Lipinski definition) is 5. The van der Waals surface area contributed by atoms with Crippen molar-refractivity contribution in [1.29, 1.82) is 5.26 Å². The maximum absolute atomic E-state index is 12.7. The number of rotatable bonds is 8. The molecule has 1 aromatic carbocycles. The number of ether oxygens (including phenoxy) is 2. The van der Waals surface area contributed by atoms with Crippen LogP contribution in [-0.4, -0.2) is 46.6 Å². The Balaban J connectivity index is 3.21. The first-order valence-electron chi connectivity index (χ1n) is 6.17. The molecule has 0 spiro atoms. The van der Waals surface area contributed by atoms with Crippen LogP contribution in [-0.2, 0) is 14.8 Å². The molecule has 0 radical (unpaired) electrons. The van der Waals surface area contributed by atoms with E-state index in [1.54, 1.807) is 12.1 Å². The zero-order chi connectivity index (χ0) is 15.9. The summed E-state index contributed by atoms with van der Waals surface area (Å²) in [6, 6.07) is 6.72. The lowest BCUT2D eigenvalue weighted by atomic mass is 10.3. The predicted molar refractivity (Wildman–Crippen MR) is 81.6 cm³/mol. The third-order valence-corrected chi connectivity index (χ3v) is 5.17. The van der Waals surface area contributed by atoms with Crippen molar-refractivity contribution in [1.82, 2.24) is 4.31 Å². The summed E-state index contributed by atoms with van der Waals surface area (Å²) in [6.07, 6.45) is 0.110. The maximum atomic E-state index is 12.7. The van der Waals surface area contributed by atoms with Gasteiger partial charge < -0.3 is 9.47 Å². The molecule has 8 heteroatoms. The van der Waals surface area contributed by atoms with Gasteiger partial charge in [0.05, 0.1) is 19.8 Å². The number of benzene rings is 1. The lowest BCUT2D eigenvalue weighted by Gasteiger charge is -2.22. The van der Waals surface area contributed by atoms with Gasteiger partial charge in [0.25, 0.3) is 0 Å². The molecular weight excluding hydrogens is 360 g/mol. The molecule has 0 amide bonds. The Morgan fingerprint density at radius 2 is 2.05 bits per heavy atom. The Bertz CT molecular complexity index is 613. The van der Waals surface area contributed by atoms with Crippen LogP contribution < -0.4 is 4.74 Å². The van der Waals surface area contributed by atoms with Crippen molar-refractivity contribution in [3.8, 4) is 11.8 Å². The summed E-state index contributed by atoms with van der Waals surface area (Å²) in [5.74, 6) is 0.262. The van der Waals surface area contributed by atoms with E-state index in [2.05, 4.69) is 15.9 Å². The van der Waals surface area contributed by atoms with Crippen LogP contribution in [0.5, 0.6) is 5.75 Å². The second-order valence-electron chi connectivity index (χ2n) is 4.10. The zero-order valence-corrected chi connectivity index (χ0v) is 14.3. The van der Waals surface area contributed by atoms with Gasteiger partial charge in [0, 0.05) is 31.1 Å². The molecule has 0 heterocycles. The van der Waals surface area contributed by atoms with E-state index in [-0.39, 0.29) is 36.8 Å². The third kappa shape index (κ3) is 4.68. The highest BCUT2D eigenvalue weighted by molar-refractivity contribution is 9.10. The first-order chi connectivity index (χ1) is 9.97. The summed E-state index contributed by atoms with van der Waals surface area (Å²) < 4.78 is 37.4. The Labute approximate surface area is 133 Å². The van der Waals surface area contributed by atoms with E-state index in [1.807, 2.05) is 6.07 Å². The van der Waals surface area contributed by atoms with Crippen LogP contribution in [0.25, 0.3) is 0 Å². The predicted octanol–water partition coefficient (Wildman–Crippen LogP) is 2.01. The molecule has 0 aliphatic heterocycles. The quantitative estimate of drug-likeness (QED) is 0.693. The van der Waals surface area contributed by atoms with Gasteiger partial charge in [0.1, 0.15) is 10.6 Å². The molecule has 21 heavy (non-hydrogen) atoms. The fourth-order valence-electron chi connectivity index (χ4n) is 1.71. The largest absolute Gasteiger partial charge is 0.495 e. The minimum Gasteiger partial charge on any atom is -0.495 e. The van der Waals surface area contributed by atoms with E-state index in [4.69, 9.17) is 14.7 Å². The molecule has 1 aromatic rings. The number of nitrogens with zero attached hydrogens (tertiary/aromatic N) is 2. The molecule has 0 unspecified atom stereocenters. The van der Waals surface area contributed by atoms with E-state index in [0.29, 0.717) is 4.47 Å². The Kier molecular flexibility index (Phi) is 7.11. The molecule has 6 nitrogen and oxygen atoms in total. The minimum absolute atomic E-state index is 0.0633. The second kappa shape index (κ2) is 8.34. The fourth-order valence-corrected chi connectivity index (χ4v) is 3.83. The van der Waals surface area contributed by atoms with E-state index < -0.39 is 10.0 Å². The Hall–Kier alpha value is -1.14. The van der Waals surface area contributed by atoms with E-state index >= 15 is 0 Å². The molecule has 0 aliphatic carbocycles. The minimum atomic E-state index is -3.76. The number of halogens is 1. The highest BCUT2D eigenvalue weighted by atomic mass is 79.9. The number of hydrogen-bond donors (Lipinski definition) is 0. The summed E-state index contributed by atoms with van der Waals surface area (Å²) in [5, 5.41) is 8.69. The maximum Gasteiger partial charge on any atom is 0.246 e. The molecule has 1 rings (SSSR count). The molecular formula is C13H17BrN2O4S. The van der Waals surface area contributed by atoms with Crippen molar-refractivity contribution in [2.75, 3.05) is 33.9 Å². The van der Waals surface area contributed by atoms with E-state index in [0.717, 1.165) is 0 Å². The van der Waals surface area contributed by atoms with Gasteiger partial charge in [-0.25, -0.2) is 8.42 Å². The molecule has 0 aromatic heterocycles. The monoisotopic (exact) mass is 376 g/mol. The molecule has 0 saturated carbocycles. The topological polar surface area (TPSA) is 79.6 Å². The van der Waals surface area contributed by atoms with Crippen molar-refractivity contribution < 1.29 is 17.9 Å². The summed E-state index contributed by atoms with van der Waals surface area (Å²) in [7, 11) is -0.855. The first-order valence-corrected chi connectivity index (χ1v) is 8.40. The molecule has 0 aliphatic rings. The van der Waals surface area contributed by atoms with E-state index in [9.17, 15) is 8.42 Å². The van der Waals surface area contributed by atoms with Gasteiger partial charge >= 0.3 is 0 Å². The smallest absolute Gasteiger partial charge is 0.246 e. The van der Waals surface area contributed by atoms with Gasteiger partial charge in [-0.1, -0.05) is 15.9 Å². The van der Waals surface area contributed by atoms with E-state index in [1.165, 1.54) is 24.6 Å². The number of nitriles is 1. The number of sulfonamides is 1. The van der Waals surface area contributed by atoms with Crippen molar-refractivity contribution in [2.45, 2.75) is 11.3 Å². The highest BCUT2D eigenvalue weighted by Crippen LogP contribution is 2.29. The summed E-state index contributed by atoms with van der Waals surface area (Å²) in [5.41, 5.74) is 0. The highest BCUT2D eigenvalue weighted by Gasteiger charge is 2.27. The van der Waals surface area contributed by atoms with Crippen molar-refractivity contribution in [3.63, 3.8) is 0 Å². The van der Waals surface area contributed by atoms with Crippen LogP contribution in [0, 0.1) is 11.3 Å². The van der Waals surface area contributed by atoms with Gasteiger partial charge in [-0.15, -0.1) is 0 Å². The summed E-state index contributed by atoms with van der Waals surface area (Å²) in [4.78, 5) is 0.0633. The second-order valence-corrected chi connectivity index (χ2v) is 6.92. The number of methoxy groups -OCH3 is 2. The molecule has 116 valence electrons. The summed E-state index contributed by atoms with van der Waals surface area (Å²) in [6.45, 7) is 0.537. The van der Waals surface area contributed by atoms with Crippen LogP contribution >= 0.6 is 15.9 Å². The third-order valence-electron chi connectivity index (χ3n) is 2.76. The van der Waals surface area contributed by atoms with Gasteiger partial charge in [0.15, 0.2) is 0 Å². The van der Waals surface area contributed by atoms with Gasteiger partial charge in [-0.05, 0) is 18.2 Å². The molecule has 0 fully saturated rings. The molecule has 0 atom stereocenters. The van der Waals surface area contributed by atoms with Crippen molar-refractivity contribution in [3.05, 3.63) is 22.7 Å². The Morgan fingerprint density at radius 1 is 1.33 bits per heavy atom. The standard InChI is InChI=1S/C13H17BrN2O4S/c1-19-9-8-16(7-3-6-15)21(17,18)13-10-11(14)4-5-12(13)20-2/h4-5,10H,3,7-9H2,1-2H3. The molecule has 0 bridgehead atoms. The normalized spacial score (nSPS) is 11.4. The van der Waals surface area contributed by atoms with Crippen LogP contribution in [0.3, 0.4) is 0 Å². The fraction of sp³-hybridized carbons (Fsp3) is 0.462. The summed E-state index contributed by atoms with van der Waals surface area (Å²) >= 11 is 3.26. The lowest BCUT2D eigenvalue weighted by Crippen LogP contribution is -2.35. The van der Waals surface area contributed by atoms with Crippen LogP contribution in [0.2, 0.25) is 0 Å². The van der Waals surface area contributed by atoms with Crippen molar-refractivity contribution in [2.24, 2.45) is 0 Å². The zero-order valence-electron chi connectivity index (χ0n) is 11.9. The van der Waals surface area contributed by atoms with Gasteiger partial charge in [-0.3, -0.25) is 0 Å². The molecule has 0 N–H and O–H groups in total.